The molecule has 0 spiro atoms. The van der Waals surface area contributed by atoms with Crippen molar-refractivity contribution in [3.05, 3.63) is 42.0 Å². The molecule has 1 fully saturated rings. The van der Waals surface area contributed by atoms with Crippen molar-refractivity contribution in [1.29, 1.82) is 0 Å². The van der Waals surface area contributed by atoms with Gasteiger partial charge in [0.15, 0.2) is 0 Å². The third kappa shape index (κ3) is 3.43. The second-order valence-corrected chi connectivity index (χ2v) is 4.97. The summed E-state index contributed by atoms with van der Waals surface area (Å²) in [6.07, 6.45) is 6.77. The molecule has 3 heterocycles. The number of aromatic nitrogens is 4. The Kier molecular flexibility index (Phi) is 4.20. The van der Waals surface area contributed by atoms with Crippen LogP contribution in [0, 0.1) is 0 Å². The fourth-order valence-corrected chi connectivity index (χ4v) is 2.30. The number of carbonyl (C=O) groups excluding carboxylic acids is 1. The Hall–Kier alpha value is -2.28. The lowest BCUT2D eigenvalue weighted by atomic mass is 10.0. The smallest absolute Gasteiger partial charge is 0.269 e. The highest BCUT2D eigenvalue weighted by molar-refractivity contribution is 5.91. The molecule has 1 aliphatic rings. The second kappa shape index (κ2) is 6.45. The Morgan fingerprint density at radius 3 is 3.24 bits per heavy atom. The van der Waals surface area contributed by atoms with Crippen LogP contribution in [0.25, 0.3) is 0 Å². The van der Waals surface area contributed by atoms with Crippen molar-refractivity contribution in [2.24, 2.45) is 0 Å². The molecule has 3 rings (SSSR count). The Balaban J connectivity index is 1.62. The maximum atomic E-state index is 11.8. The van der Waals surface area contributed by atoms with Crippen molar-refractivity contribution in [2.45, 2.75) is 25.3 Å². The molecule has 110 valence electrons. The minimum absolute atomic E-state index is 0.200. The number of carbonyl (C=O) groups is 1. The zero-order chi connectivity index (χ0) is 14.5. The molecule has 2 aromatic rings. The third-order valence-electron chi connectivity index (χ3n) is 3.43. The second-order valence-electron chi connectivity index (χ2n) is 4.97. The van der Waals surface area contributed by atoms with Crippen LogP contribution >= 0.6 is 0 Å². The Labute approximate surface area is 122 Å². The summed E-state index contributed by atoms with van der Waals surface area (Å²) in [7, 11) is 0. The van der Waals surface area contributed by atoms with Gasteiger partial charge in [0.2, 0.25) is 0 Å². The molecule has 1 aliphatic heterocycles. The summed E-state index contributed by atoms with van der Waals surface area (Å²) < 4.78 is 5.46. The Bertz CT molecular complexity index is 593. The quantitative estimate of drug-likeness (QED) is 0.876. The number of rotatable bonds is 4. The molecule has 1 atom stereocenters. The van der Waals surface area contributed by atoms with Gasteiger partial charge in [-0.25, -0.2) is 15.0 Å². The summed E-state index contributed by atoms with van der Waals surface area (Å²) in [4.78, 5) is 27.2. The van der Waals surface area contributed by atoms with Crippen LogP contribution in [-0.2, 0) is 11.3 Å². The molecule has 7 nitrogen and oxygen atoms in total. The Morgan fingerprint density at radius 2 is 2.48 bits per heavy atom. The van der Waals surface area contributed by atoms with E-state index < -0.39 is 0 Å². The summed E-state index contributed by atoms with van der Waals surface area (Å²) in [6, 6.07) is 1.81. The van der Waals surface area contributed by atoms with Crippen molar-refractivity contribution in [2.75, 3.05) is 13.2 Å². The van der Waals surface area contributed by atoms with Gasteiger partial charge in [0.1, 0.15) is 11.5 Å². The molecule has 0 aromatic carbocycles. The lowest BCUT2D eigenvalue weighted by molar-refractivity contribution is 0.0779. The van der Waals surface area contributed by atoms with E-state index in [4.69, 9.17) is 4.74 Å². The number of aromatic amines is 1. The average molecular weight is 287 g/mol. The molecular formula is C14H17N5O2. The number of nitrogens with one attached hydrogen (secondary N) is 2. The summed E-state index contributed by atoms with van der Waals surface area (Å²) in [5, 5.41) is 2.80. The van der Waals surface area contributed by atoms with Gasteiger partial charge in [0, 0.05) is 18.7 Å². The fraction of sp³-hybridized carbons (Fsp3) is 0.429. The van der Waals surface area contributed by atoms with Crippen molar-refractivity contribution >= 4 is 5.91 Å². The first-order valence-electron chi connectivity index (χ1n) is 6.99. The Morgan fingerprint density at radius 1 is 1.52 bits per heavy atom. The predicted molar refractivity (Wildman–Crippen MR) is 74.6 cm³/mol. The van der Waals surface area contributed by atoms with E-state index >= 15 is 0 Å². The fourth-order valence-electron chi connectivity index (χ4n) is 2.30. The number of hydrogen-bond donors (Lipinski definition) is 2. The highest BCUT2D eigenvalue weighted by atomic mass is 16.5. The topological polar surface area (TPSA) is 92.8 Å². The van der Waals surface area contributed by atoms with Gasteiger partial charge in [-0.3, -0.25) is 4.79 Å². The minimum atomic E-state index is -0.200. The molecule has 1 amide bonds. The summed E-state index contributed by atoms with van der Waals surface area (Å²) >= 11 is 0. The highest BCUT2D eigenvalue weighted by Crippen LogP contribution is 2.22. The van der Waals surface area contributed by atoms with Crippen LogP contribution in [0.1, 0.15) is 40.8 Å². The molecule has 0 radical (unpaired) electrons. The summed E-state index contributed by atoms with van der Waals surface area (Å²) in [5.41, 5.74) is 1.23. The predicted octanol–water partition coefficient (Wildman–Crippen LogP) is 1.02. The van der Waals surface area contributed by atoms with Crippen molar-refractivity contribution in [1.82, 2.24) is 25.3 Å². The minimum Gasteiger partial charge on any atom is -0.381 e. The van der Waals surface area contributed by atoms with Crippen LogP contribution in [0.15, 0.2) is 24.8 Å². The molecule has 7 heteroatoms. The monoisotopic (exact) mass is 287 g/mol. The van der Waals surface area contributed by atoms with E-state index in [0.717, 1.165) is 31.0 Å². The number of hydrogen-bond acceptors (Lipinski definition) is 5. The van der Waals surface area contributed by atoms with Gasteiger partial charge in [0.05, 0.1) is 31.4 Å². The van der Waals surface area contributed by atoms with Crippen LogP contribution in [-0.4, -0.2) is 39.1 Å². The SMILES string of the molecule is O=C(NCc1ccnc(C2CCCOC2)n1)c1cnc[nH]1. The summed E-state index contributed by atoms with van der Waals surface area (Å²) in [5.74, 6) is 0.846. The third-order valence-corrected chi connectivity index (χ3v) is 3.43. The number of nitrogens with zero attached hydrogens (tertiary/aromatic N) is 3. The van der Waals surface area contributed by atoms with E-state index in [9.17, 15) is 4.79 Å². The van der Waals surface area contributed by atoms with Crippen molar-refractivity contribution in [3.8, 4) is 0 Å². The van der Waals surface area contributed by atoms with Crippen molar-refractivity contribution in [3.63, 3.8) is 0 Å². The zero-order valence-corrected chi connectivity index (χ0v) is 11.6. The molecule has 1 unspecified atom stereocenters. The van der Waals surface area contributed by atoms with E-state index in [0.29, 0.717) is 18.8 Å². The average Bonchev–Trinajstić information content (AvgIpc) is 3.08. The van der Waals surface area contributed by atoms with Crippen LogP contribution in [0.4, 0.5) is 0 Å². The first kappa shape index (κ1) is 13.7. The molecular weight excluding hydrogens is 270 g/mol. The maximum Gasteiger partial charge on any atom is 0.269 e. The van der Waals surface area contributed by atoms with Gasteiger partial charge >= 0.3 is 0 Å². The number of imidazole rings is 1. The summed E-state index contributed by atoms with van der Waals surface area (Å²) in [6.45, 7) is 1.85. The standard InChI is InChI=1S/C14H17N5O2/c20-14(12-7-15-9-18-12)17-6-11-3-4-16-13(19-11)10-2-1-5-21-8-10/h3-4,7,9-10H,1-2,5-6,8H2,(H,15,18)(H,17,20). The van der Waals surface area contributed by atoms with Gasteiger partial charge < -0.3 is 15.0 Å². The zero-order valence-electron chi connectivity index (χ0n) is 11.6. The molecule has 2 aromatic heterocycles. The molecule has 0 bridgehead atoms. The normalized spacial score (nSPS) is 18.4. The molecule has 2 N–H and O–H groups in total. The van der Waals surface area contributed by atoms with Gasteiger partial charge in [-0.15, -0.1) is 0 Å². The largest absolute Gasteiger partial charge is 0.381 e. The van der Waals surface area contributed by atoms with Crippen LogP contribution in [0.2, 0.25) is 0 Å². The first-order valence-corrected chi connectivity index (χ1v) is 6.99. The lowest BCUT2D eigenvalue weighted by Gasteiger charge is -2.20. The van der Waals surface area contributed by atoms with Crippen LogP contribution in [0.3, 0.4) is 0 Å². The molecule has 21 heavy (non-hydrogen) atoms. The van der Waals surface area contributed by atoms with Gasteiger partial charge in [0.25, 0.3) is 5.91 Å². The van der Waals surface area contributed by atoms with E-state index in [-0.39, 0.29) is 11.8 Å². The molecule has 0 saturated carbocycles. The van der Waals surface area contributed by atoms with Gasteiger partial charge in [-0.05, 0) is 18.9 Å². The van der Waals surface area contributed by atoms with Gasteiger partial charge in [-0.2, -0.15) is 0 Å². The van der Waals surface area contributed by atoms with Crippen LogP contribution < -0.4 is 5.32 Å². The van der Waals surface area contributed by atoms with E-state index in [1.807, 2.05) is 0 Å². The van der Waals surface area contributed by atoms with Gasteiger partial charge in [-0.1, -0.05) is 0 Å². The highest BCUT2D eigenvalue weighted by Gasteiger charge is 2.19. The van der Waals surface area contributed by atoms with Crippen LogP contribution in [0.5, 0.6) is 0 Å². The van der Waals surface area contributed by atoms with E-state index in [1.165, 1.54) is 12.5 Å². The molecule has 1 saturated heterocycles. The van der Waals surface area contributed by atoms with E-state index in [1.54, 1.807) is 12.3 Å². The number of ether oxygens (including phenoxy) is 1. The number of amides is 1. The molecule has 0 aliphatic carbocycles. The van der Waals surface area contributed by atoms with E-state index in [2.05, 4.69) is 25.3 Å². The van der Waals surface area contributed by atoms with Crippen molar-refractivity contribution < 1.29 is 9.53 Å². The number of H-pyrrole nitrogens is 1. The lowest BCUT2D eigenvalue weighted by Crippen LogP contribution is -2.24. The first-order chi connectivity index (χ1) is 10.3. The maximum absolute atomic E-state index is 11.8.